The van der Waals surface area contributed by atoms with Gasteiger partial charge in [0.05, 0.1) is 53.7 Å². The number of thioether (sulfide) groups is 1. The number of anilines is 3. The number of halogens is 2. The lowest BCUT2D eigenvalue weighted by Gasteiger charge is -2.04. The van der Waals surface area contributed by atoms with Crippen LogP contribution in [-0.2, 0) is 0 Å². The summed E-state index contributed by atoms with van der Waals surface area (Å²) in [6, 6.07) is 17.7. The number of nitrogens with one attached hydrogen (secondary N) is 1. The van der Waals surface area contributed by atoms with Crippen LogP contribution in [0.2, 0.25) is 0 Å². The molecule has 6 aromatic rings. The fourth-order valence-corrected chi connectivity index (χ4v) is 6.13. The molecule has 7 nitrogen and oxygen atoms in total. The maximum Gasteiger partial charge on any atom is 0.169 e. The van der Waals surface area contributed by atoms with Crippen molar-refractivity contribution in [3.63, 3.8) is 0 Å². The standard InChI is InChI=1S/C10H9N3S2.2C7H6N2S.CCl2S/c1-2-8-9(15-6-12-8)5-7(1)13-10-11-3-4-14-10;2*8-5-1-2-6-7(3-5)10-4-9-6;2-1(3)4/h1-2,5-6H,3-4H2,(H,11,13);2*1-4H,8H2;. The first-order chi connectivity index (χ1) is 18.9. The zero-order valence-electron chi connectivity index (χ0n) is 20.1. The molecule has 0 saturated carbocycles. The summed E-state index contributed by atoms with van der Waals surface area (Å²) in [7, 11) is 0. The minimum atomic E-state index is -0.0556. The van der Waals surface area contributed by atoms with Gasteiger partial charge in [0.1, 0.15) is 0 Å². The van der Waals surface area contributed by atoms with Gasteiger partial charge >= 0.3 is 0 Å². The lowest BCUT2D eigenvalue weighted by molar-refractivity contribution is 1.17. The van der Waals surface area contributed by atoms with Crippen molar-refractivity contribution in [2.24, 2.45) is 4.99 Å². The monoisotopic (exact) mass is 649 g/mol. The second kappa shape index (κ2) is 14.7. The van der Waals surface area contributed by atoms with E-state index in [0.29, 0.717) is 0 Å². The number of rotatable bonds is 1. The number of thiocarbonyl (C=S) groups is 1. The second-order valence-electron chi connectivity index (χ2n) is 7.58. The predicted octanol–water partition coefficient (Wildman–Crippen LogP) is 8.32. The van der Waals surface area contributed by atoms with E-state index in [1.54, 1.807) is 45.8 Å². The van der Waals surface area contributed by atoms with E-state index in [2.05, 4.69) is 43.5 Å². The second-order valence-corrected chi connectivity index (χ2v) is 13.1. The van der Waals surface area contributed by atoms with Crippen LogP contribution in [0, 0.1) is 0 Å². The summed E-state index contributed by atoms with van der Waals surface area (Å²) in [5, 5.41) is 4.34. The predicted molar refractivity (Wildman–Crippen MR) is 180 cm³/mol. The molecule has 0 amide bonds. The van der Waals surface area contributed by atoms with Gasteiger partial charge in [0.25, 0.3) is 0 Å². The number of amidine groups is 1. The number of hydrogen-bond acceptors (Lipinski definition) is 12. The Morgan fingerprint density at radius 1 is 0.744 bits per heavy atom. The van der Waals surface area contributed by atoms with E-state index in [1.165, 1.54) is 4.70 Å². The maximum absolute atomic E-state index is 5.56. The van der Waals surface area contributed by atoms with Gasteiger partial charge in [0.2, 0.25) is 0 Å². The lowest BCUT2D eigenvalue weighted by Crippen LogP contribution is -2.04. The third-order valence-electron chi connectivity index (χ3n) is 4.88. The first-order valence-corrected chi connectivity index (χ1v) is 16.0. The maximum atomic E-state index is 5.56. The van der Waals surface area contributed by atoms with E-state index in [1.807, 2.05) is 65.1 Å². The number of fused-ring (bicyclic) bond motifs is 3. The van der Waals surface area contributed by atoms with Crippen molar-refractivity contribution >= 4 is 138 Å². The minimum Gasteiger partial charge on any atom is -0.399 e. The average molecular weight is 651 g/mol. The van der Waals surface area contributed by atoms with E-state index < -0.39 is 0 Å². The Labute approximate surface area is 256 Å². The first kappa shape index (κ1) is 29.4. The Morgan fingerprint density at radius 2 is 1.21 bits per heavy atom. The molecular formula is C25H21Cl2N7S5. The number of benzene rings is 3. The molecule has 0 aliphatic carbocycles. The third kappa shape index (κ3) is 9.24. The van der Waals surface area contributed by atoms with Gasteiger partial charge in [-0.05, 0) is 54.6 Å². The Bertz CT molecular complexity index is 1640. The average Bonchev–Trinajstić information content (AvgIpc) is 3.71. The zero-order chi connectivity index (χ0) is 27.6. The van der Waals surface area contributed by atoms with Crippen molar-refractivity contribution in [1.82, 2.24) is 15.0 Å². The number of thiazole rings is 3. The summed E-state index contributed by atoms with van der Waals surface area (Å²) in [6.07, 6.45) is 0. The van der Waals surface area contributed by atoms with Crippen molar-refractivity contribution in [3.8, 4) is 0 Å². The summed E-state index contributed by atoms with van der Waals surface area (Å²) in [6.45, 7) is 0.926. The molecule has 1 aliphatic rings. The Morgan fingerprint density at radius 3 is 1.67 bits per heavy atom. The van der Waals surface area contributed by atoms with Gasteiger partial charge in [-0.3, -0.25) is 4.99 Å². The summed E-state index contributed by atoms with van der Waals surface area (Å²) < 4.78 is 3.46. The molecule has 1 aliphatic heterocycles. The molecule has 0 fully saturated rings. The molecule has 5 N–H and O–H groups in total. The van der Waals surface area contributed by atoms with Crippen molar-refractivity contribution in [1.29, 1.82) is 0 Å². The van der Waals surface area contributed by atoms with Crippen molar-refractivity contribution in [2.75, 3.05) is 29.1 Å². The van der Waals surface area contributed by atoms with Gasteiger partial charge in [-0.1, -0.05) is 47.2 Å². The Balaban J connectivity index is 0.000000130. The molecule has 0 spiro atoms. The van der Waals surface area contributed by atoms with Crippen LogP contribution in [0.15, 0.2) is 76.1 Å². The normalized spacial score (nSPS) is 12.0. The summed E-state index contributed by atoms with van der Waals surface area (Å²) in [4.78, 5) is 16.8. The lowest BCUT2D eigenvalue weighted by atomic mass is 10.3. The molecule has 4 heterocycles. The molecule has 3 aromatic heterocycles. The summed E-state index contributed by atoms with van der Waals surface area (Å²) in [5.74, 6) is 1.09. The van der Waals surface area contributed by atoms with Gasteiger partial charge < -0.3 is 16.8 Å². The van der Waals surface area contributed by atoms with Crippen LogP contribution in [0.1, 0.15) is 0 Å². The molecule has 0 saturated heterocycles. The van der Waals surface area contributed by atoms with E-state index in [9.17, 15) is 0 Å². The number of nitrogens with two attached hydrogens (primary N) is 2. The van der Waals surface area contributed by atoms with Crippen LogP contribution in [0.3, 0.4) is 0 Å². The van der Waals surface area contributed by atoms with Gasteiger partial charge in [0, 0.05) is 22.8 Å². The third-order valence-corrected chi connectivity index (χ3v) is 8.15. The van der Waals surface area contributed by atoms with E-state index in [-0.39, 0.29) is 3.78 Å². The Hall–Kier alpha value is -2.58. The van der Waals surface area contributed by atoms with Gasteiger partial charge in [-0.15, -0.1) is 34.0 Å². The Kier molecular flexibility index (Phi) is 11.1. The molecule has 0 bridgehead atoms. The summed E-state index contributed by atoms with van der Waals surface area (Å²) >= 11 is 20.3. The van der Waals surface area contributed by atoms with E-state index >= 15 is 0 Å². The highest BCUT2D eigenvalue weighted by Crippen LogP contribution is 2.24. The molecule has 3 aromatic carbocycles. The van der Waals surface area contributed by atoms with Crippen LogP contribution in [0.5, 0.6) is 0 Å². The van der Waals surface area contributed by atoms with Crippen molar-refractivity contribution in [2.45, 2.75) is 0 Å². The van der Waals surface area contributed by atoms with E-state index in [4.69, 9.17) is 34.7 Å². The SMILES string of the molecule is Nc1ccc2ncsc2c1.Nc1ccc2ncsc2c1.S=C(Cl)Cl.c1nc2ccc(NC3=NCCS3)cc2s1. The van der Waals surface area contributed by atoms with Crippen LogP contribution in [0.25, 0.3) is 30.6 Å². The molecule has 0 radical (unpaired) electrons. The highest BCUT2D eigenvalue weighted by Gasteiger charge is 2.07. The largest absolute Gasteiger partial charge is 0.399 e. The fourth-order valence-electron chi connectivity index (χ4n) is 3.21. The van der Waals surface area contributed by atoms with Gasteiger partial charge in [-0.25, -0.2) is 15.0 Å². The number of nitrogen functional groups attached to an aromatic ring is 2. The smallest absolute Gasteiger partial charge is 0.169 e. The minimum absolute atomic E-state index is 0.0556. The molecule has 0 atom stereocenters. The highest BCUT2D eigenvalue weighted by atomic mass is 35.5. The number of nitrogens with zero attached hydrogens (tertiary/aromatic N) is 4. The molecule has 39 heavy (non-hydrogen) atoms. The van der Waals surface area contributed by atoms with Crippen LogP contribution < -0.4 is 16.8 Å². The summed E-state index contributed by atoms with van der Waals surface area (Å²) in [5.41, 5.74) is 22.5. The van der Waals surface area contributed by atoms with Crippen LogP contribution in [0.4, 0.5) is 17.1 Å². The molecule has 7 rings (SSSR count). The topological polar surface area (TPSA) is 115 Å². The number of aromatic nitrogens is 3. The molecular weight excluding hydrogens is 630 g/mol. The van der Waals surface area contributed by atoms with Crippen LogP contribution in [-0.4, -0.2) is 36.2 Å². The number of aliphatic imine (C=N–C) groups is 1. The molecule has 14 heteroatoms. The highest BCUT2D eigenvalue weighted by molar-refractivity contribution is 8.14. The molecule has 0 unspecified atom stereocenters. The first-order valence-electron chi connectivity index (χ1n) is 11.2. The fraction of sp³-hybridized carbons (Fsp3) is 0.0800. The van der Waals surface area contributed by atoms with Crippen molar-refractivity contribution in [3.05, 3.63) is 71.1 Å². The van der Waals surface area contributed by atoms with Crippen LogP contribution >= 0.6 is 81.2 Å². The van der Waals surface area contributed by atoms with Crippen molar-refractivity contribution < 1.29 is 0 Å². The quantitative estimate of drug-likeness (QED) is 0.0925. The van der Waals surface area contributed by atoms with Gasteiger partial charge in [0.15, 0.2) is 8.95 Å². The molecule has 200 valence electrons. The van der Waals surface area contributed by atoms with Gasteiger partial charge in [-0.2, -0.15) is 0 Å². The van der Waals surface area contributed by atoms with E-state index in [0.717, 1.165) is 60.5 Å². The number of hydrogen-bond donors (Lipinski definition) is 3. The zero-order valence-corrected chi connectivity index (χ0v) is 25.7.